The van der Waals surface area contributed by atoms with Crippen LogP contribution in [0.15, 0.2) is 53.7 Å². The quantitative estimate of drug-likeness (QED) is 0.104. The third-order valence-corrected chi connectivity index (χ3v) is 7.66. The molecule has 3 unspecified atom stereocenters. The second-order valence-corrected chi connectivity index (χ2v) is 10.5. The highest BCUT2D eigenvalue weighted by Gasteiger charge is 2.32. The number of nitrogens with zero attached hydrogens (tertiary/aromatic N) is 4. The standard InChI is InChI=1S/C27H34N6O6S/c1-33-27(29-31-32-33)40-17-22-14-23(20-10-8-19(16-34)9-11-20)39-26(38-22)21-12-6-18(7-13-21)15-28-24(35)4-2-3-5-25(36)30-37/h6-13,22-23,26,34,37H,2-5,14-17H2,1H3,(H,28,35)(H,30,36). The molecule has 1 aliphatic heterocycles. The van der Waals surface area contributed by atoms with Crippen molar-refractivity contribution < 1.29 is 29.4 Å². The van der Waals surface area contributed by atoms with Gasteiger partial charge in [0.25, 0.3) is 0 Å². The highest BCUT2D eigenvalue weighted by Crippen LogP contribution is 2.39. The molecule has 0 radical (unpaired) electrons. The molecule has 1 aliphatic rings. The molecule has 3 atom stereocenters. The van der Waals surface area contributed by atoms with E-state index in [4.69, 9.17) is 14.7 Å². The number of aliphatic hydroxyl groups is 1. The van der Waals surface area contributed by atoms with Crippen LogP contribution in [0.4, 0.5) is 0 Å². The second-order valence-electron chi connectivity index (χ2n) is 9.51. The molecular formula is C27H34N6O6S. The molecule has 4 N–H and O–H groups in total. The minimum Gasteiger partial charge on any atom is -0.392 e. The first-order valence-electron chi connectivity index (χ1n) is 13.1. The van der Waals surface area contributed by atoms with Crippen LogP contribution in [0.3, 0.4) is 0 Å². The summed E-state index contributed by atoms with van der Waals surface area (Å²) in [5, 5.41) is 33.1. The van der Waals surface area contributed by atoms with Crippen LogP contribution >= 0.6 is 11.8 Å². The van der Waals surface area contributed by atoms with Gasteiger partial charge >= 0.3 is 0 Å². The fraction of sp³-hybridized carbons (Fsp3) is 0.444. The monoisotopic (exact) mass is 570 g/mol. The lowest BCUT2D eigenvalue weighted by Crippen LogP contribution is -2.31. The Balaban J connectivity index is 1.35. The van der Waals surface area contributed by atoms with Gasteiger partial charge in [0.1, 0.15) is 0 Å². The van der Waals surface area contributed by atoms with E-state index >= 15 is 0 Å². The second kappa shape index (κ2) is 14.9. The SMILES string of the molecule is Cn1nnnc1SCC1CC(c2ccc(CO)cc2)OC(c2ccc(CNC(=O)CCCCC(=O)NO)cc2)O1. The molecule has 1 aromatic heterocycles. The smallest absolute Gasteiger partial charge is 0.243 e. The van der Waals surface area contributed by atoms with Crippen LogP contribution in [-0.2, 0) is 39.3 Å². The number of amides is 2. The van der Waals surface area contributed by atoms with Gasteiger partial charge in [-0.3, -0.25) is 14.8 Å². The van der Waals surface area contributed by atoms with E-state index in [1.165, 1.54) is 11.8 Å². The number of tetrazole rings is 1. The average Bonchev–Trinajstić information content (AvgIpc) is 3.41. The van der Waals surface area contributed by atoms with Gasteiger partial charge in [0, 0.05) is 44.2 Å². The lowest BCUT2D eigenvalue weighted by atomic mass is 10.0. The Labute approximate surface area is 236 Å². The first-order chi connectivity index (χ1) is 19.4. The number of hydrogen-bond acceptors (Lipinski definition) is 10. The van der Waals surface area contributed by atoms with Crippen LogP contribution in [0.1, 0.15) is 66.8 Å². The highest BCUT2D eigenvalue weighted by molar-refractivity contribution is 7.99. The molecule has 2 heterocycles. The predicted molar refractivity (Wildman–Crippen MR) is 145 cm³/mol. The fourth-order valence-electron chi connectivity index (χ4n) is 4.24. The normalized spacial score (nSPS) is 18.8. The molecule has 0 saturated carbocycles. The van der Waals surface area contributed by atoms with Crippen LogP contribution in [0.25, 0.3) is 0 Å². The zero-order valence-corrected chi connectivity index (χ0v) is 23.0. The van der Waals surface area contributed by atoms with E-state index in [0.29, 0.717) is 43.1 Å². The Kier molecular flexibility index (Phi) is 11.0. The third kappa shape index (κ3) is 8.57. The summed E-state index contributed by atoms with van der Waals surface area (Å²) < 4.78 is 14.4. The highest BCUT2D eigenvalue weighted by atomic mass is 32.2. The molecule has 2 amide bonds. The van der Waals surface area contributed by atoms with Gasteiger partial charge < -0.3 is 19.9 Å². The van der Waals surface area contributed by atoms with Crippen LogP contribution in [0, 0.1) is 0 Å². The molecule has 3 aromatic rings. The van der Waals surface area contributed by atoms with Crippen molar-refractivity contribution in [2.24, 2.45) is 7.05 Å². The van der Waals surface area contributed by atoms with Gasteiger partial charge in [0.2, 0.25) is 17.0 Å². The molecule has 2 aromatic carbocycles. The van der Waals surface area contributed by atoms with Crippen molar-refractivity contribution in [1.29, 1.82) is 0 Å². The molecule has 1 fully saturated rings. The van der Waals surface area contributed by atoms with Gasteiger partial charge in [-0.05, 0) is 40.0 Å². The van der Waals surface area contributed by atoms with Crippen molar-refractivity contribution in [3.8, 4) is 0 Å². The first kappa shape index (κ1) is 29.6. The van der Waals surface area contributed by atoms with Gasteiger partial charge in [-0.25, -0.2) is 10.2 Å². The lowest BCUT2D eigenvalue weighted by molar-refractivity contribution is -0.245. The van der Waals surface area contributed by atoms with E-state index in [1.54, 1.807) is 17.2 Å². The Hall–Kier alpha value is -3.36. The molecule has 13 heteroatoms. The Morgan fingerprint density at radius 1 is 1.00 bits per heavy atom. The van der Waals surface area contributed by atoms with Gasteiger partial charge in [0.15, 0.2) is 6.29 Å². The summed E-state index contributed by atoms with van der Waals surface area (Å²) in [5.74, 6) is 0.0970. The molecular weight excluding hydrogens is 536 g/mol. The number of aromatic nitrogens is 4. The Morgan fingerprint density at radius 3 is 2.33 bits per heavy atom. The maximum atomic E-state index is 12.1. The van der Waals surface area contributed by atoms with Crippen LogP contribution in [0.2, 0.25) is 0 Å². The van der Waals surface area contributed by atoms with E-state index in [2.05, 4.69) is 20.8 Å². The number of nitrogens with one attached hydrogen (secondary N) is 2. The summed E-state index contributed by atoms with van der Waals surface area (Å²) in [7, 11) is 1.80. The van der Waals surface area contributed by atoms with E-state index in [1.807, 2.05) is 48.5 Å². The number of ether oxygens (including phenoxy) is 2. The van der Waals surface area contributed by atoms with Crippen molar-refractivity contribution in [2.75, 3.05) is 5.75 Å². The summed E-state index contributed by atoms with van der Waals surface area (Å²) >= 11 is 1.52. The molecule has 0 spiro atoms. The summed E-state index contributed by atoms with van der Waals surface area (Å²) in [6.45, 7) is 0.367. The number of carbonyl (C=O) groups excluding carboxylic acids is 2. The van der Waals surface area contributed by atoms with Gasteiger partial charge in [-0.2, -0.15) is 0 Å². The van der Waals surface area contributed by atoms with E-state index in [9.17, 15) is 14.7 Å². The van der Waals surface area contributed by atoms with Crippen molar-refractivity contribution in [2.45, 2.75) is 68.9 Å². The van der Waals surface area contributed by atoms with Crippen molar-refractivity contribution in [1.82, 2.24) is 31.0 Å². The zero-order valence-electron chi connectivity index (χ0n) is 22.2. The molecule has 40 heavy (non-hydrogen) atoms. The molecule has 214 valence electrons. The third-order valence-electron chi connectivity index (χ3n) is 6.52. The Morgan fingerprint density at radius 2 is 1.68 bits per heavy atom. The summed E-state index contributed by atoms with van der Waals surface area (Å²) in [5.41, 5.74) is 5.24. The number of hydrogen-bond donors (Lipinski definition) is 4. The lowest BCUT2D eigenvalue weighted by Gasteiger charge is -2.36. The summed E-state index contributed by atoms with van der Waals surface area (Å²) in [6, 6.07) is 15.5. The number of aliphatic hydroxyl groups excluding tert-OH is 1. The topological polar surface area (TPSA) is 161 Å². The minimum atomic E-state index is -0.584. The largest absolute Gasteiger partial charge is 0.392 e. The molecule has 0 bridgehead atoms. The van der Waals surface area contributed by atoms with Crippen molar-refractivity contribution >= 4 is 23.6 Å². The fourth-order valence-corrected chi connectivity index (χ4v) is 5.11. The van der Waals surface area contributed by atoms with Gasteiger partial charge in [0.05, 0.1) is 18.8 Å². The number of carbonyl (C=O) groups is 2. The molecule has 1 saturated heterocycles. The van der Waals surface area contributed by atoms with E-state index in [-0.39, 0.29) is 31.1 Å². The van der Waals surface area contributed by atoms with Gasteiger partial charge in [-0.1, -0.05) is 60.3 Å². The van der Waals surface area contributed by atoms with E-state index in [0.717, 1.165) is 22.3 Å². The number of unbranched alkanes of at least 4 members (excludes halogenated alkanes) is 1. The molecule has 4 rings (SSSR count). The number of rotatable bonds is 13. The Bertz CT molecular complexity index is 1240. The van der Waals surface area contributed by atoms with E-state index < -0.39 is 12.2 Å². The van der Waals surface area contributed by atoms with Crippen LogP contribution < -0.4 is 10.8 Å². The number of benzene rings is 2. The summed E-state index contributed by atoms with van der Waals surface area (Å²) in [6.07, 6.45) is 1.33. The van der Waals surface area contributed by atoms with Crippen LogP contribution in [0.5, 0.6) is 0 Å². The van der Waals surface area contributed by atoms with Gasteiger partial charge in [-0.15, -0.1) is 5.10 Å². The average molecular weight is 571 g/mol. The molecule has 0 aliphatic carbocycles. The number of hydroxylamine groups is 1. The first-order valence-corrected chi connectivity index (χ1v) is 14.1. The van der Waals surface area contributed by atoms with Crippen molar-refractivity contribution in [3.63, 3.8) is 0 Å². The minimum absolute atomic E-state index is 0.0152. The number of thioether (sulfide) groups is 1. The van der Waals surface area contributed by atoms with Crippen molar-refractivity contribution in [3.05, 3.63) is 70.8 Å². The molecule has 12 nitrogen and oxygen atoms in total. The predicted octanol–water partition coefficient (Wildman–Crippen LogP) is 2.72. The summed E-state index contributed by atoms with van der Waals surface area (Å²) in [4.78, 5) is 23.2. The maximum Gasteiger partial charge on any atom is 0.243 e. The maximum absolute atomic E-state index is 12.1. The number of aryl methyl sites for hydroxylation is 1. The van der Waals surface area contributed by atoms with Crippen LogP contribution in [-0.4, -0.2) is 54.2 Å². The zero-order chi connectivity index (χ0) is 28.3.